The minimum Gasteiger partial charge on any atom is -0.496 e. The molecule has 242 valence electrons. The predicted octanol–water partition coefficient (Wildman–Crippen LogP) is 4.26. The number of likely N-dealkylation sites (tertiary alicyclic amines) is 1. The summed E-state index contributed by atoms with van der Waals surface area (Å²) in [5.74, 6) is 2.41. The molecule has 0 saturated carbocycles. The zero-order valence-electron chi connectivity index (χ0n) is 27.4. The number of ether oxygens (including phenoxy) is 2. The zero-order chi connectivity index (χ0) is 31.3. The maximum Gasteiger partial charge on any atom is 0.306 e. The van der Waals surface area contributed by atoms with Crippen LogP contribution in [0.5, 0.6) is 5.75 Å². The maximum atomic E-state index is 12.7. The highest BCUT2D eigenvalue weighted by Gasteiger charge is 2.28. The molecule has 10 nitrogen and oxygen atoms in total. The first kappa shape index (κ1) is 31.4. The third-order valence-corrected chi connectivity index (χ3v) is 9.68. The summed E-state index contributed by atoms with van der Waals surface area (Å²) >= 11 is 0. The fraction of sp³-hybridized carbons (Fsp3) is 0.571. The van der Waals surface area contributed by atoms with Crippen molar-refractivity contribution in [3.05, 3.63) is 58.5 Å². The molecule has 0 aliphatic carbocycles. The van der Waals surface area contributed by atoms with Crippen LogP contribution >= 0.6 is 0 Å². The van der Waals surface area contributed by atoms with E-state index in [1.165, 1.54) is 23.9 Å². The standard InChI is InChI=1S/C35H49N7O3/c1-24-16-25(2)42(39-24)31-18-27(17-30(21-31)41-14-11-36-12-15-41)28(19-34(43)45-4)23-40-13-9-26(22-40)7-8-29-20-33(44-3)32-6-5-10-37-35(32)38-29/h16-18,20-21,26,28,36H,5-15,19,22-23H2,1-4H3,(H,37,38)/t26?,28-/m1/s1. The van der Waals surface area contributed by atoms with Crippen LogP contribution in [0.4, 0.5) is 11.5 Å². The SMILES string of the molecule is COC(=O)C[C@H](CN1CCC(CCc2cc(OC)c3c(n2)NCCC3)C1)c1cc(N2CCNCC2)cc(-n2nc(C)cc2C)c1. The molecule has 5 heterocycles. The van der Waals surface area contributed by atoms with Crippen LogP contribution in [-0.4, -0.2) is 92.2 Å². The van der Waals surface area contributed by atoms with Gasteiger partial charge in [-0.3, -0.25) is 4.79 Å². The van der Waals surface area contributed by atoms with Crippen molar-refractivity contribution in [3.8, 4) is 11.4 Å². The Hall–Kier alpha value is -3.63. The van der Waals surface area contributed by atoms with Gasteiger partial charge in [0.15, 0.2) is 0 Å². The number of carbonyl (C=O) groups excluding carboxylic acids is 1. The number of hydrogen-bond donors (Lipinski definition) is 2. The second-order valence-corrected chi connectivity index (χ2v) is 13.0. The Morgan fingerprint density at radius 2 is 1.87 bits per heavy atom. The van der Waals surface area contributed by atoms with Crippen molar-refractivity contribution in [3.63, 3.8) is 0 Å². The maximum absolute atomic E-state index is 12.7. The van der Waals surface area contributed by atoms with Crippen molar-refractivity contribution in [2.45, 2.75) is 58.3 Å². The lowest BCUT2D eigenvalue weighted by Gasteiger charge is -2.31. The molecule has 10 heteroatoms. The largest absolute Gasteiger partial charge is 0.496 e. The summed E-state index contributed by atoms with van der Waals surface area (Å²) in [7, 11) is 3.25. The van der Waals surface area contributed by atoms with Crippen molar-refractivity contribution < 1.29 is 14.3 Å². The van der Waals surface area contributed by atoms with Gasteiger partial charge in [0.1, 0.15) is 11.6 Å². The Morgan fingerprint density at radius 1 is 1.04 bits per heavy atom. The number of pyridine rings is 1. The molecule has 2 saturated heterocycles. The lowest BCUT2D eigenvalue weighted by atomic mass is 9.93. The Bertz CT molecular complexity index is 1460. The highest BCUT2D eigenvalue weighted by atomic mass is 16.5. The molecule has 2 aromatic heterocycles. The molecule has 2 N–H and O–H groups in total. The van der Waals surface area contributed by atoms with Gasteiger partial charge in [-0.2, -0.15) is 5.10 Å². The van der Waals surface area contributed by atoms with Gasteiger partial charge in [-0.15, -0.1) is 0 Å². The number of piperazine rings is 1. The molecular weight excluding hydrogens is 566 g/mol. The van der Waals surface area contributed by atoms with Crippen LogP contribution in [0.2, 0.25) is 0 Å². The van der Waals surface area contributed by atoms with E-state index in [0.717, 1.165) is 119 Å². The Labute approximate surface area is 267 Å². The molecule has 3 aromatic rings. The van der Waals surface area contributed by atoms with Crippen molar-refractivity contribution in [1.29, 1.82) is 0 Å². The lowest BCUT2D eigenvalue weighted by Crippen LogP contribution is -2.43. The van der Waals surface area contributed by atoms with E-state index in [4.69, 9.17) is 19.6 Å². The molecule has 0 amide bonds. The molecule has 0 radical (unpaired) electrons. The number of aromatic nitrogens is 3. The van der Waals surface area contributed by atoms with Gasteiger partial charge in [0.25, 0.3) is 0 Å². The van der Waals surface area contributed by atoms with E-state index < -0.39 is 0 Å². The van der Waals surface area contributed by atoms with Gasteiger partial charge in [0, 0.05) is 80.4 Å². The first-order chi connectivity index (χ1) is 21.9. The Morgan fingerprint density at radius 3 is 2.62 bits per heavy atom. The summed E-state index contributed by atoms with van der Waals surface area (Å²) in [6, 6.07) is 11.0. The smallest absolute Gasteiger partial charge is 0.306 e. The quantitative estimate of drug-likeness (QED) is 0.307. The predicted molar refractivity (Wildman–Crippen MR) is 178 cm³/mol. The van der Waals surface area contributed by atoms with Crippen LogP contribution in [0.25, 0.3) is 5.69 Å². The number of rotatable bonds is 11. The average Bonchev–Trinajstić information content (AvgIpc) is 3.67. The van der Waals surface area contributed by atoms with Gasteiger partial charge < -0.3 is 29.9 Å². The number of carbonyl (C=O) groups is 1. The number of esters is 1. The van der Waals surface area contributed by atoms with E-state index in [0.29, 0.717) is 12.3 Å². The molecule has 2 atom stereocenters. The van der Waals surface area contributed by atoms with Crippen molar-refractivity contribution in [2.24, 2.45) is 5.92 Å². The minimum atomic E-state index is -0.169. The fourth-order valence-electron chi connectivity index (χ4n) is 7.29. The minimum absolute atomic E-state index is 0.0208. The van der Waals surface area contributed by atoms with Gasteiger partial charge >= 0.3 is 5.97 Å². The number of aryl methyl sites for hydroxylation is 3. The molecule has 1 unspecified atom stereocenters. The van der Waals surface area contributed by atoms with E-state index in [-0.39, 0.29) is 11.9 Å². The molecule has 6 rings (SSSR count). The number of anilines is 2. The molecule has 2 fully saturated rings. The Balaban J connectivity index is 1.19. The first-order valence-corrected chi connectivity index (χ1v) is 16.6. The third kappa shape index (κ3) is 7.44. The molecule has 3 aliphatic heterocycles. The molecule has 1 aromatic carbocycles. The monoisotopic (exact) mass is 615 g/mol. The van der Waals surface area contributed by atoms with Gasteiger partial charge in [-0.05, 0) is 88.2 Å². The van der Waals surface area contributed by atoms with E-state index in [1.54, 1.807) is 7.11 Å². The van der Waals surface area contributed by atoms with E-state index in [2.05, 4.69) is 57.7 Å². The zero-order valence-corrected chi connectivity index (χ0v) is 27.4. The number of fused-ring (bicyclic) bond motifs is 1. The van der Waals surface area contributed by atoms with Gasteiger partial charge in [0.2, 0.25) is 0 Å². The van der Waals surface area contributed by atoms with Crippen LogP contribution in [0, 0.1) is 19.8 Å². The summed E-state index contributed by atoms with van der Waals surface area (Å²) in [5, 5.41) is 11.7. The van der Waals surface area contributed by atoms with Crippen molar-refractivity contribution in [2.75, 3.05) is 76.8 Å². The second-order valence-electron chi connectivity index (χ2n) is 13.0. The fourth-order valence-corrected chi connectivity index (χ4v) is 7.29. The topological polar surface area (TPSA) is 96.8 Å². The third-order valence-electron chi connectivity index (χ3n) is 9.68. The molecule has 3 aliphatic rings. The summed E-state index contributed by atoms with van der Waals surface area (Å²) in [6.07, 6.45) is 5.67. The van der Waals surface area contributed by atoms with E-state index in [1.807, 2.05) is 11.6 Å². The molecule has 45 heavy (non-hydrogen) atoms. The first-order valence-electron chi connectivity index (χ1n) is 16.6. The summed E-state index contributed by atoms with van der Waals surface area (Å²) < 4.78 is 13.0. The number of hydrogen-bond acceptors (Lipinski definition) is 9. The number of nitrogens with one attached hydrogen (secondary N) is 2. The second kappa shape index (κ2) is 14.2. The number of benzene rings is 1. The summed E-state index contributed by atoms with van der Waals surface area (Å²) in [6.45, 7) is 11.8. The Kier molecular flexibility index (Phi) is 9.90. The van der Waals surface area contributed by atoms with Crippen LogP contribution < -0.4 is 20.3 Å². The van der Waals surface area contributed by atoms with Crippen molar-refractivity contribution >= 4 is 17.5 Å². The van der Waals surface area contributed by atoms with E-state index >= 15 is 0 Å². The van der Waals surface area contributed by atoms with Gasteiger partial charge in [-0.25, -0.2) is 9.67 Å². The molecule has 0 bridgehead atoms. The molecular formula is C35H49N7O3. The van der Waals surface area contributed by atoms with Gasteiger partial charge in [-0.1, -0.05) is 0 Å². The highest BCUT2D eigenvalue weighted by Crippen LogP contribution is 2.34. The highest BCUT2D eigenvalue weighted by molar-refractivity contribution is 5.71. The van der Waals surface area contributed by atoms with Crippen LogP contribution in [-0.2, 0) is 22.4 Å². The van der Waals surface area contributed by atoms with Gasteiger partial charge in [0.05, 0.1) is 32.0 Å². The summed E-state index contributed by atoms with van der Waals surface area (Å²) in [5.41, 5.74) is 7.80. The average molecular weight is 616 g/mol. The lowest BCUT2D eigenvalue weighted by molar-refractivity contribution is -0.141. The normalized spacial score (nSPS) is 19.2. The van der Waals surface area contributed by atoms with E-state index in [9.17, 15) is 4.79 Å². The van der Waals surface area contributed by atoms with Crippen LogP contribution in [0.3, 0.4) is 0 Å². The van der Waals surface area contributed by atoms with Crippen LogP contribution in [0.15, 0.2) is 30.3 Å². The summed E-state index contributed by atoms with van der Waals surface area (Å²) in [4.78, 5) is 22.7. The number of methoxy groups -OCH3 is 2. The van der Waals surface area contributed by atoms with Crippen molar-refractivity contribution in [1.82, 2.24) is 25.0 Å². The van der Waals surface area contributed by atoms with Crippen LogP contribution in [0.1, 0.15) is 59.8 Å². The molecule has 0 spiro atoms. The number of nitrogens with zero attached hydrogens (tertiary/aromatic N) is 5.